The topological polar surface area (TPSA) is 82.2 Å². The molecule has 1 aromatic carbocycles. The van der Waals surface area contributed by atoms with Crippen LogP contribution in [0.25, 0.3) is 0 Å². The average molecular weight is 314 g/mol. The average Bonchev–Trinajstić information content (AvgIpc) is 2.90. The monoisotopic (exact) mass is 314 g/mol. The number of amides is 1. The minimum atomic E-state index is -0.191. The zero-order valence-electron chi connectivity index (χ0n) is 13.2. The van der Waals surface area contributed by atoms with Crippen LogP contribution in [0.1, 0.15) is 36.0 Å². The first kappa shape index (κ1) is 15.4. The zero-order valence-corrected chi connectivity index (χ0v) is 13.2. The van der Waals surface area contributed by atoms with E-state index in [1.807, 2.05) is 30.3 Å². The number of ether oxygens (including phenoxy) is 1. The van der Waals surface area contributed by atoms with E-state index in [9.17, 15) is 4.79 Å². The summed E-state index contributed by atoms with van der Waals surface area (Å²) < 4.78 is 7.57. The third kappa shape index (κ3) is 3.47. The van der Waals surface area contributed by atoms with Gasteiger partial charge in [0.2, 0.25) is 0 Å². The fourth-order valence-corrected chi connectivity index (χ4v) is 2.94. The number of benzene rings is 1. The standard InChI is InChI=1S/C17H22N4O2/c1-21-16(18)13(11-19-21)17(22)20-14-9-5-6-10-15(14)23-12-7-3-2-4-8-12/h2-4,7-8,11,14-15H,5-6,9-10,18H2,1H3,(H,20,22)/t14-,15-/m0/s1. The number of aryl methyl sites for hydroxylation is 1. The summed E-state index contributed by atoms with van der Waals surface area (Å²) in [5.41, 5.74) is 6.29. The number of carbonyl (C=O) groups excluding carboxylic acids is 1. The summed E-state index contributed by atoms with van der Waals surface area (Å²) in [5.74, 6) is 1.02. The van der Waals surface area contributed by atoms with Crippen molar-refractivity contribution in [2.45, 2.75) is 37.8 Å². The molecular weight excluding hydrogens is 292 g/mol. The van der Waals surface area contributed by atoms with Crippen LogP contribution in [0, 0.1) is 0 Å². The summed E-state index contributed by atoms with van der Waals surface area (Å²) in [6.45, 7) is 0. The Labute approximate surface area is 135 Å². The summed E-state index contributed by atoms with van der Waals surface area (Å²) >= 11 is 0. The maximum atomic E-state index is 12.4. The molecule has 1 aromatic heterocycles. The second kappa shape index (κ2) is 6.73. The van der Waals surface area contributed by atoms with Crippen LogP contribution in [0.2, 0.25) is 0 Å². The summed E-state index contributed by atoms with van der Waals surface area (Å²) in [5, 5.41) is 7.08. The molecule has 2 atom stereocenters. The van der Waals surface area contributed by atoms with Gasteiger partial charge in [-0.3, -0.25) is 9.48 Å². The van der Waals surface area contributed by atoms with Crippen molar-refractivity contribution in [3.63, 3.8) is 0 Å². The third-order valence-corrected chi connectivity index (χ3v) is 4.28. The van der Waals surface area contributed by atoms with Gasteiger partial charge in [0.1, 0.15) is 23.2 Å². The van der Waals surface area contributed by atoms with Gasteiger partial charge in [-0.05, 0) is 31.4 Å². The molecule has 6 nitrogen and oxygen atoms in total. The fraction of sp³-hybridized carbons (Fsp3) is 0.412. The van der Waals surface area contributed by atoms with Crippen LogP contribution in [0.3, 0.4) is 0 Å². The highest BCUT2D eigenvalue weighted by Crippen LogP contribution is 2.24. The number of nitrogens with two attached hydrogens (primary N) is 1. The van der Waals surface area contributed by atoms with Gasteiger partial charge in [-0.1, -0.05) is 24.6 Å². The molecule has 3 N–H and O–H groups in total. The molecule has 1 heterocycles. The van der Waals surface area contributed by atoms with Crippen LogP contribution in [0.5, 0.6) is 5.75 Å². The Hall–Kier alpha value is -2.50. The Kier molecular flexibility index (Phi) is 4.50. The molecule has 3 rings (SSSR count). The molecule has 0 radical (unpaired) electrons. The maximum Gasteiger partial charge on any atom is 0.257 e. The predicted molar refractivity (Wildman–Crippen MR) is 88.2 cm³/mol. The lowest BCUT2D eigenvalue weighted by Crippen LogP contribution is -2.47. The quantitative estimate of drug-likeness (QED) is 0.905. The number of aromatic nitrogens is 2. The number of anilines is 1. The van der Waals surface area contributed by atoms with E-state index in [0.717, 1.165) is 31.4 Å². The van der Waals surface area contributed by atoms with E-state index in [0.29, 0.717) is 11.4 Å². The highest BCUT2D eigenvalue weighted by atomic mass is 16.5. The molecule has 23 heavy (non-hydrogen) atoms. The molecule has 1 fully saturated rings. The number of hydrogen-bond acceptors (Lipinski definition) is 4. The van der Waals surface area contributed by atoms with E-state index < -0.39 is 0 Å². The van der Waals surface area contributed by atoms with E-state index in [-0.39, 0.29) is 18.1 Å². The van der Waals surface area contributed by atoms with Crippen molar-refractivity contribution in [3.05, 3.63) is 42.1 Å². The molecule has 0 saturated heterocycles. The number of hydrogen-bond donors (Lipinski definition) is 2. The van der Waals surface area contributed by atoms with Gasteiger partial charge in [0.25, 0.3) is 5.91 Å². The summed E-state index contributed by atoms with van der Waals surface area (Å²) in [6.07, 6.45) is 5.51. The summed E-state index contributed by atoms with van der Waals surface area (Å²) in [4.78, 5) is 12.4. The Morgan fingerprint density at radius 3 is 2.74 bits per heavy atom. The molecule has 0 unspecified atom stereocenters. The van der Waals surface area contributed by atoms with E-state index in [1.54, 1.807) is 7.05 Å². The Bertz CT molecular complexity index is 668. The normalized spacial score (nSPS) is 20.9. The van der Waals surface area contributed by atoms with Crippen molar-refractivity contribution in [3.8, 4) is 5.75 Å². The fourth-order valence-electron chi connectivity index (χ4n) is 2.94. The van der Waals surface area contributed by atoms with Crippen LogP contribution >= 0.6 is 0 Å². The van der Waals surface area contributed by atoms with Crippen molar-refractivity contribution in [2.75, 3.05) is 5.73 Å². The minimum Gasteiger partial charge on any atom is -0.488 e. The zero-order chi connectivity index (χ0) is 16.2. The van der Waals surface area contributed by atoms with Gasteiger partial charge in [0.15, 0.2) is 0 Å². The molecule has 0 spiro atoms. The Balaban J connectivity index is 1.69. The first-order chi connectivity index (χ1) is 11.1. The van der Waals surface area contributed by atoms with Crippen LogP contribution in [-0.4, -0.2) is 27.8 Å². The minimum absolute atomic E-state index is 0.0175. The van der Waals surface area contributed by atoms with Gasteiger partial charge in [-0.25, -0.2) is 0 Å². The largest absolute Gasteiger partial charge is 0.488 e. The van der Waals surface area contributed by atoms with Gasteiger partial charge in [0, 0.05) is 7.05 Å². The molecule has 0 bridgehead atoms. The molecular formula is C17H22N4O2. The lowest BCUT2D eigenvalue weighted by atomic mass is 9.92. The molecule has 0 aliphatic heterocycles. The van der Waals surface area contributed by atoms with Crippen LogP contribution in [-0.2, 0) is 7.05 Å². The molecule has 1 aliphatic carbocycles. The molecule has 6 heteroatoms. The summed E-state index contributed by atoms with van der Waals surface area (Å²) in [6, 6.07) is 9.71. The van der Waals surface area contributed by atoms with Crippen LogP contribution < -0.4 is 15.8 Å². The Morgan fingerprint density at radius 2 is 2.04 bits per heavy atom. The Morgan fingerprint density at radius 1 is 1.30 bits per heavy atom. The third-order valence-electron chi connectivity index (χ3n) is 4.28. The molecule has 122 valence electrons. The second-order valence-electron chi connectivity index (χ2n) is 5.90. The first-order valence-corrected chi connectivity index (χ1v) is 7.95. The highest BCUT2D eigenvalue weighted by molar-refractivity contribution is 5.98. The van der Waals surface area contributed by atoms with Crippen molar-refractivity contribution < 1.29 is 9.53 Å². The first-order valence-electron chi connectivity index (χ1n) is 7.95. The van der Waals surface area contributed by atoms with Gasteiger partial charge in [-0.2, -0.15) is 5.10 Å². The molecule has 1 aliphatic rings. The highest BCUT2D eigenvalue weighted by Gasteiger charge is 2.29. The number of para-hydroxylation sites is 1. The molecule has 1 amide bonds. The second-order valence-corrected chi connectivity index (χ2v) is 5.90. The van der Waals surface area contributed by atoms with Crippen molar-refractivity contribution in [1.29, 1.82) is 0 Å². The lowest BCUT2D eigenvalue weighted by Gasteiger charge is -2.32. The van der Waals surface area contributed by atoms with E-state index in [2.05, 4.69) is 10.4 Å². The number of nitrogens with one attached hydrogen (secondary N) is 1. The van der Waals surface area contributed by atoms with Crippen LogP contribution in [0.15, 0.2) is 36.5 Å². The van der Waals surface area contributed by atoms with E-state index in [4.69, 9.17) is 10.5 Å². The SMILES string of the molecule is Cn1ncc(C(=O)N[C@H]2CCCC[C@@H]2Oc2ccccc2)c1N. The molecule has 2 aromatic rings. The van der Waals surface area contributed by atoms with E-state index in [1.165, 1.54) is 10.9 Å². The van der Waals surface area contributed by atoms with Crippen molar-refractivity contribution >= 4 is 11.7 Å². The van der Waals surface area contributed by atoms with Gasteiger partial charge >= 0.3 is 0 Å². The lowest BCUT2D eigenvalue weighted by molar-refractivity contribution is 0.0798. The summed E-state index contributed by atoms with van der Waals surface area (Å²) in [7, 11) is 1.72. The van der Waals surface area contributed by atoms with Gasteiger partial charge in [0.05, 0.1) is 12.2 Å². The maximum absolute atomic E-state index is 12.4. The number of rotatable bonds is 4. The number of nitrogens with zero attached hydrogens (tertiary/aromatic N) is 2. The van der Waals surface area contributed by atoms with Gasteiger partial charge in [-0.15, -0.1) is 0 Å². The predicted octanol–water partition coefficient (Wildman–Crippen LogP) is 2.12. The van der Waals surface area contributed by atoms with Gasteiger partial charge < -0.3 is 15.8 Å². The van der Waals surface area contributed by atoms with Crippen molar-refractivity contribution in [2.24, 2.45) is 7.05 Å². The van der Waals surface area contributed by atoms with E-state index >= 15 is 0 Å². The van der Waals surface area contributed by atoms with Crippen LogP contribution in [0.4, 0.5) is 5.82 Å². The number of carbonyl (C=O) groups is 1. The molecule has 1 saturated carbocycles. The number of nitrogen functional groups attached to an aromatic ring is 1. The van der Waals surface area contributed by atoms with Crippen molar-refractivity contribution in [1.82, 2.24) is 15.1 Å². The smallest absolute Gasteiger partial charge is 0.257 e.